The minimum absolute atomic E-state index is 0.0557. The molecule has 0 aromatic heterocycles. The molecule has 0 spiro atoms. The molecule has 5 nitrogen and oxygen atoms in total. The first-order valence-corrected chi connectivity index (χ1v) is 5.42. The highest BCUT2D eigenvalue weighted by Gasteiger charge is 2.32. The molecule has 0 bridgehead atoms. The fourth-order valence-electron chi connectivity index (χ4n) is 1.49. The second-order valence-corrected chi connectivity index (χ2v) is 4.41. The summed E-state index contributed by atoms with van der Waals surface area (Å²) in [6.07, 6.45) is -0.0557. The molecule has 0 unspecified atom stereocenters. The minimum Gasteiger partial charge on any atom is -0.469 e. The van der Waals surface area contributed by atoms with Crippen LogP contribution in [0.25, 0.3) is 0 Å². The second-order valence-electron chi connectivity index (χ2n) is 4.41. The molecule has 2 atom stereocenters. The molecule has 5 heteroatoms. The van der Waals surface area contributed by atoms with Gasteiger partial charge in [0.1, 0.15) is 6.10 Å². The largest absolute Gasteiger partial charge is 0.469 e. The molecule has 0 amide bonds. The Morgan fingerprint density at radius 1 is 1.56 bits per heavy atom. The van der Waals surface area contributed by atoms with Crippen molar-refractivity contribution in [3.05, 3.63) is 0 Å². The summed E-state index contributed by atoms with van der Waals surface area (Å²) in [6, 6.07) is 0. The zero-order chi connectivity index (χ0) is 12.2. The first-order chi connectivity index (χ1) is 7.44. The summed E-state index contributed by atoms with van der Waals surface area (Å²) in [5.41, 5.74) is 0. The average molecular weight is 232 g/mol. The van der Waals surface area contributed by atoms with Gasteiger partial charge in [-0.15, -0.1) is 0 Å². The average Bonchev–Trinajstić information content (AvgIpc) is 2.57. The predicted molar refractivity (Wildman–Crippen MR) is 56.9 cm³/mol. The Morgan fingerprint density at radius 3 is 2.75 bits per heavy atom. The van der Waals surface area contributed by atoms with Gasteiger partial charge in [0.2, 0.25) is 0 Å². The fraction of sp³-hybridized carbons (Fsp3) is 0.909. The summed E-state index contributed by atoms with van der Waals surface area (Å²) in [4.78, 5) is 11.1. The number of hydrogen-bond donors (Lipinski definition) is 0. The third-order valence-corrected chi connectivity index (χ3v) is 2.34. The molecule has 1 aliphatic rings. The molecule has 1 aliphatic heterocycles. The highest BCUT2D eigenvalue weighted by molar-refractivity contribution is 5.71. The van der Waals surface area contributed by atoms with Crippen molar-refractivity contribution in [2.75, 3.05) is 26.9 Å². The normalized spacial score (nSPS) is 25.4. The van der Waals surface area contributed by atoms with Gasteiger partial charge in [0.15, 0.2) is 5.79 Å². The Morgan fingerprint density at radius 2 is 2.25 bits per heavy atom. The molecule has 94 valence electrons. The van der Waals surface area contributed by atoms with Crippen molar-refractivity contribution in [2.45, 2.75) is 32.7 Å². The molecular formula is C11H20O5. The number of carbonyl (C=O) groups excluding carboxylic acids is 1. The summed E-state index contributed by atoms with van der Waals surface area (Å²) in [5.74, 6) is -1.04. The topological polar surface area (TPSA) is 54.0 Å². The van der Waals surface area contributed by atoms with E-state index in [1.165, 1.54) is 7.11 Å². The standard InChI is InChI=1S/C11H20O5/c1-8(10(12)13-4)5-14-6-9-7-15-11(2,3)16-9/h8-9H,5-7H2,1-4H3/t8-,9+/m0/s1. The van der Waals surface area contributed by atoms with Crippen LogP contribution in [0.4, 0.5) is 0 Å². The van der Waals surface area contributed by atoms with Gasteiger partial charge in [0.05, 0.1) is 32.8 Å². The summed E-state index contributed by atoms with van der Waals surface area (Å²) < 4.78 is 20.9. The maximum absolute atomic E-state index is 11.1. The van der Waals surface area contributed by atoms with Gasteiger partial charge in [-0.05, 0) is 20.8 Å². The summed E-state index contributed by atoms with van der Waals surface area (Å²) in [6.45, 7) is 6.80. The quantitative estimate of drug-likeness (QED) is 0.661. The zero-order valence-corrected chi connectivity index (χ0v) is 10.3. The lowest BCUT2D eigenvalue weighted by Crippen LogP contribution is -2.26. The molecular weight excluding hydrogens is 212 g/mol. The van der Waals surface area contributed by atoms with Crippen LogP contribution in [0.2, 0.25) is 0 Å². The van der Waals surface area contributed by atoms with Crippen LogP contribution in [-0.4, -0.2) is 44.8 Å². The maximum atomic E-state index is 11.1. The van der Waals surface area contributed by atoms with Crippen molar-refractivity contribution < 1.29 is 23.7 Å². The lowest BCUT2D eigenvalue weighted by Gasteiger charge is -2.17. The summed E-state index contributed by atoms with van der Waals surface area (Å²) >= 11 is 0. The highest BCUT2D eigenvalue weighted by Crippen LogP contribution is 2.22. The molecule has 0 aromatic carbocycles. The van der Waals surface area contributed by atoms with Crippen molar-refractivity contribution in [3.63, 3.8) is 0 Å². The van der Waals surface area contributed by atoms with Gasteiger partial charge in [-0.25, -0.2) is 0 Å². The molecule has 1 fully saturated rings. The van der Waals surface area contributed by atoms with E-state index in [4.69, 9.17) is 14.2 Å². The monoisotopic (exact) mass is 232 g/mol. The van der Waals surface area contributed by atoms with Gasteiger partial charge in [-0.3, -0.25) is 4.79 Å². The number of methoxy groups -OCH3 is 1. The molecule has 16 heavy (non-hydrogen) atoms. The van der Waals surface area contributed by atoms with Crippen LogP contribution < -0.4 is 0 Å². The number of carbonyl (C=O) groups is 1. The fourth-order valence-corrected chi connectivity index (χ4v) is 1.49. The number of esters is 1. The van der Waals surface area contributed by atoms with Crippen LogP contribution >= 0.6 is 0 Å². The summed E-state index contributed by atoms with van der Waals surface area (Å²) in [5, 5.41) is 0. The third-order valence-electron chi connectivity index (χ3n) is 2.34. The van der Waals surface area contributed by atoms with E-state index >= 15 is 0 Å². The van der Waals surface area contributed by atoms with Crippen LogP contribution in [0, 0.1) is 5.92 Å². The van der Waals surface area contributed by atoms with Crippen LogP contribution in [0.15, 0.2) is 0 Å². The minimum atomic E-state index is -0.526. The van der Waals surface area contributed by atoms with Crippen LogP contribution in [0.3, 0.4) is 0 Å². The van der Waals surface area contributed by atoms with Crippen molar-refractivity contribution in [3.8, 4) is 0 Å². The smallest absolute Gasteiger partial charge is 0.310 e. The van der Waals surface area contributed by atoms with E-state index in [9.17, 15) is 4.79 Å². The van der Waals surface area contributed by atoms with E-state index in [1.807, 2.05) is 13.8 Å². The first kappa shape index (κ1) is 13.4. The molecule has 0 aliphatic carbocycles. The second kappa shape index (κ2) is 5.61. The zero-order valence-electron chi connectivity index (χ0n) is 10.3. The Labute approximate surface area is 96.0 Å². The molecule has 1 rings (SSSR count). The lowest BCUT2D eigenvalue weighted by molar-refractivity contribution is -0.152. The van der Waals surface area contributed by atoms with Gasteiger partial charge in [0.25, 0.3) is 0 Å². The van der Waals surface area contributed by atoms with Crippen LogP contribution in [-0.2, 0) is 23.7 Å². The molecule has 1 heterocycles. The van der Waals surface area contributed by atoms with Crippen molar-refractivity contribution >= 4 is 5.97 Å². The molecule has 1 saturated heterocycles. The van der Waals surface area contributed by atoms with Gasteiger partial charge in [0, 0.05) is 0 Å². The van der Waals surface area contributed by atoms with Crippen LogP contribution in [0.5, 0.6) is 0 Å². The Bertz CT molecular complexity index is 239. The Kier molecular flexibility index (Phi) is 4.70. The number of ether oxygens (including phenoxy) is 4. The Balaban J connectivity index is 2.15. The molecule has 0 saturated carbocycles. The van der Waals surface area contributed by atoms with Gasteiger partial charge >= 0.3 is 5.97 Å². The maximum Gasteiger partial charge on any atom is 0.310 e. The van der Waals surface area contributed by atoms with E-state index in [1.54, 1.807) is 6.92 Å². The van der Waals surface area contributed by atoms with Gasteiger partial charge in [-0.2, -0.15) is 0 Å². The molecule has 0 radical (unpaired) electrons. The van der Waals surface area contributed by atoms with E-state index in [0.29, 0.717) is 19.8 Å². The van der Waals surface area contributed by atoms with E-state index in [0.717, 1.165) is 0 Å². The van der Waals surface area contributed by atoms with E-state index in [-0.39, 0.29) is 18.0 Å². The van der Waals surface area contributed by atoms with Gasteiger partial charge in [-0.1, -0.05) is 0 Å². The molecule has 0 aromatic rings. The first-order valence-electron chi connectivity index (χ1n) is 5.42. The lowest BCUT2D eigenvalue weighted by atomic mass is 10.2. The SMILES string of the molecule is COC(=O)[C@@H](C)COC[C@@H]1COC(C)(C)O1. The molecule has 0 N–H and O–H groups in total. The highest BCUT2D eigenvalue weighted by atomic mass is 16.7. The van der Waals surface area contributed by atoms with E-state index in [2.05, 4.69) is 4.74 Å². The van der Waals surface area contributed by atoms with Crippen molar-refractivity contribution in [2.24, 2.45) is 5.92 Å². The van der Waals surface area contributed by atoms with E-state index < -0.39 is 5.79 Å². The Hall–Kier alpha value is -0.650. The number of hydrogen-bond acceptors (Lipinski definition) is 5. The van der Waals surface area contributed by atoms with Gasteiger partial charge < -0.3 is 18.9 Å². The summed E-state index contributed by atoms with van der Waals surface area (Å²) in [7, 11) is 1.37. The van der Waals surface area contributed by atoms with Crippen molar-refractivity contribution in [1.29, 1.82) is 0 Å². The predicted octanol–water partition coefficient (Wildman–Crippen LogP) is 0.964. The van der Waals surface area contributed by atoms with Crippen molar-refractivity contribution in [1.82, 2.24) is 0 Å². The third kappa shape index (κ3) is 4.08. The number of rotatable bonds is 5. The van der Waals surface area contributed by atoms with Crippen LogP contribution in [0.1, 0.15) is 20.8 Å².